The van der Waals surface area contributed by atoms with Crippen molar-refractivity contribution < 1.29 is 9.90 Å². The maximum absolute atomic E-state index is 11.8. The lowest BCUT2D eigenvalue weighted by Crippen LogP contribution is -2.37. The number of hydrogen-bond donors (Lipinski definition) is 2. The van der Waals surface area contributed by atoms with Gasteiger partial charge in [-0.05, 0) is 50.8 Å². The third-order valence-electron chi connectivity index (χ3n) is 2.37. The van der Waals surface area contributed by atoms with Crippen LogP contribution in [0.3, 0.4) is 0 Å². The molecule has 0 bridgehead atoms. The second-order valence-electron chi connectivity index (χ2n) is 3.65. The van der Waals surface area contributed by atoms with Crippen molar-refractivity contribution in [2.45, 2.75) is 19.9 Å². The van der Waals surface area contributed by atoms with Gasteiger partial charge in [0.05, 0.1) is 8.66 Å². The molecule has 1 rings (SSSR count). The average molecular weight is 371 g/mol. The molecule has 90 valence electrons. The van der Waals surface area contributed by atoms with Crippen LogP contribution in [-0.4, -0.2) is 23.7 Å². The van der Waals surface area contributed by atoms with Crippen LogP contribution in [-0.2, 0) is 0 Å². The molecule has 6 heteroatoms. The minimum Gasteiger partial charge on any atom is -0.396 e. The Morgan fingerprint density at radius 1 is 1.56 bits per heavy atom. The molecule has 3 nitrogen and oxygen atoms in total. The molecule has 1 aromatic heterocycles. The van der Waals surface area contributed by atoms with Crippen molar-refractivity contribution >= 4 is 49.1 Å². The van der Waals surface area contributed by atoms with E-state index in [9.17, 15) is 4.79 Å². The minimum absolute atomic E-state index is 0.0443. The lowest BCUT2D eigenvalue weighted by atomic mass is 10.1. The first kappa shape index (κ1) is 14.2. The average Bonchev–Trinajstić information content (AvgIpc) is 2.58. The molecule has 0 fully saturated rings. The molecule has 0 saturated heterocycles. The van der Waals surface area contributed by atoms with Crippen LogP contribution in [0.2, 0.25) is 0 Å². The monoisotopic (exact) mass is 369 g/mol. The van der Waals surface area contributed by atoms with Crippen molar-refractivity contribution in [3.05, 3.63) is 19.2 Å². The molecule has 0 aromatic carbocycles. The van der Waals surface area contributed by atoms with E-state index < -0.39 is 0 Å². The Hall–Kier alpha value is 0.0900. The zero-order chi connectivity index (χ0) is 12.3. The second kappa shape index (κ2) is 6.14. The zero-order valence-electron chi connectivity index (χ0n) is 8.96. The zero-order valence-corrected chi connectivity index (χ0v) is 12.9. The standard InChI is InChI=1S/C10H13Br2NO2S/c1-5(4-14)6(2)13-10(15)8-3-7(11)9(12)16-8/h3,5-6,14H,4H2,1-2H3,(H,13,15). The molecular formula is C10H13Br2NO2S. The fourth-order valence-corrected chi connectivity index (χ4v) is 2.98. The molecule has 1 heterocycles. The van der Waals surface area contributed by atoms with Gasteiger partial charge in [0.15, 0.2) is 0 Å². The molecule has 0 aliphatic heterocycles. The summed E-state index contributed by atoms with van der Waals surface area (Å²) in [6, 6.07) is 1.73. The normalized spacial score (nSPS) is 14.6. The van der Waals surface area contributed by atoms with Crippen molar-refractivity contribution in [2.24, 2.45) is 5.92 Å². The molecule has 0 aliphatic carbocycles. The Morgan fingerprint density at radius 3 is 2.62 bits per heavy atom. The lowest BCUT2D eigenvalue weighted by Gasteiger charge is -2.18. The molecule has 0 saturated carbocycles. The van der Waals surface area contributed by atoms with Crippen LogP contribution < -0.4 is 5.32 Å². The van der Waals surface area contributed by atoms with E-state index >= 15 is 0 Å². The number of hydrogen-bond acceptors (Lipinski definition) is 3. The third kappa shape index (κ3) is 3.55. The van der Waals surface area contributed by atoms with E-state index in [4.69, 9.17) is 5.11 Å². The number of carbonyl (C=O) groups is 1. The van der Waals surface area contributed by atoms with Crippen LogP contribution in [0.15, 0.2) is 14.3 Å². The van der Waals surface area contributed by atoms with Crippen LogP contribution in [0.4, 0.5) is 0 Å². The Labute approximate surface area is 116 Å². The van der Waals surface area contributed by atoms with Gasteiger partial charge in [0.25, 0.3) is 5.91 Å². The van der Waals surface area contributed by atoms with E-state index in [-0.39, 0.29) is 24.5 Å². The first-order chi connectivity index (χ1) is 7.45. The SMILES string of the molecule is CC(CO)C(C)NC(=O)c1cc(Br)c(Br)s1. The number of amides is 1. The van der Waals surface area contributed by atoms with Crippen molar-refractivity contribution in [1.29, 1.82) is 0 Å². The molecule has 0 radical (unpaired) electrons. The third-order valence-corrected chi connectivity index (χ3v) is 5.62. The van der Waals surface area contributed by atoms with E-state index in [1.54, 1.807) is 6.07 Å². The van der Waals surface area contributed by atoms with Crippen LogP contribution >= 0.6 is 43.2 Å². The van der Waals surface area contributed by atoms with Gasteiger partial charge >= 0.3 is 0 Å². The van der Waals surface area contributed by atoms with Gasteiger partial charge in [-0.1, -0.05) is 6.92 Å². The second-order valence-corrected chi connectivity index (χ2v) is 6.88. The number of carbonyl (C=O) groups excluding carboxylic acids is 1. The number of aliphatic hydroxyl groups excluding tert-OH is 1. The fourth-order valence-electron chi connectivity index (χ4n) is 1.04. The lowest BCUT2D eigenvalue weighted by molar-refractivity contribution is 0.0920. The number of thiophene rings is 1. The van der Waals surface area contributed by atoms with E-state index in [2.05, 4.69) is 37.2 Å². The van der Waals surface area contributed by atoms with Crippen LogP contribution in [0, 0.1) is 5.92 Å². The fraction of sp³-hybridized carbons (Fsp3) is 0.500. The highest BCUT2D eigenvalue weighted by Gasteiger charge is 2.17. The first-order valence-corrected chi connectivity index (χ1v) is 7.22. The summed E-state index contributed by atoms with van der Waals surface area (Å²) in [6.07, 6.45) is 0. The summed E-state index contributed by atoms with van der Waals surface area (Å²) in [5.74, 6) is -0.0556. The first-order valence-electron chi connectivity index (χ1n) is 4.82. The van der Waals surface area contributed by atoms with Crippen molar-refractivity contribution in [1.82, 2.24) is 5.32 Å². The summed E-state index contributed by atoms with van der Waals surface area (Å²) >= 11 is 8.06. The number of aliphatic hydroxyl groups is 1. The van der Waals surface area contributed by atoms with Crippen molar-refractivity contribution in [3.8, 4) is 0 Å². The Balaban J connectivity index is 2.65. The van der Waals surface area contributed by atoms with Crippen molar-refractivity contribution in [3.63, 3.8) is 0 Å². The van der Waals surface area contributed by atoms with Gasteiger partial charge in [-0.25, -0.2) is 0 Å². The Kier molecular flexibility index (Phi) is 5.43. The van der Waals surface area contributed by atoms with Gasteiger partial charge in [0.2, 0.25) is 0 Å². The van der Waals surface area contributed by atoms with E-state index in [1.165, 1.54) is 11.3 Å². The van der Waals surface area contributed by atoms with E-state index in [1.807, 2.05) is 13.8 Å². The molecule has 2 unspecified atom stereocenters. The maximum atomic E-state index is 11.8. The molecule has 0 spiro atoms. The van der Waals surface area contributed by atoms with Crippen LogP contribution in [0.25, 0.3) is 0 Å². The largest absolute Gasteiger partial charge is 0.396 e. The van der Waals surface area contributed by atoms with Gasteiger partial charge in [-0.2, -0.15) is 0 Å². The number of rotatable bonds is 4. The predicted octanol–water partition coefficient (Wildman–Crippen LogP) is 3.02. The Bertz CT molecular complexity index is 361. The summed E-state index contributed by atoms with van der Waals surface area (Å²) in [5, 5.41) is 11.8. The van der Waals surface area contributed by atoms with E-state index in [0.717, 1.165) is 8.26 Å². The van der Waals surface area contributed by atoms with Crippen LogP contribution in [0.1, 0.15) is 23.5 Å². The molecule has 2 atom stereocenters. The summed E-state index contributed by atoms with van der Waals surface area (Å²) in [7, 11) is 0. The Morgan fingerprint density at radius 2 is 2.19 bits per heavy atom. The smallest absolute Gasteiger partial charge is 0.261 e. The van der Waals surface area contributed by atoms with Gasteiger partial charge in [0, 0.05) is 17.1 Å². The molecule has 2 N–H and O–H groups in total. The molecule has 16 heavy (non-hydrogen) atoms. The highest BCUT2D eigenvalue weighted by molar-refractivity contribution is 9.13. The molecule has 1 aromatic rings. The van der Waals surface area contributed by atoms with Gasteiger partial charge in [0.1, 0.15) is 0 Å². The summed E-state index contributed by atoms with van der Waals surface area (Å²) in [4.78, 5) is 12.5. The summed E-state index contributed by atoms with van der Waals surface area (Å²) in [5.41, 5.74) is 0. The topological polar surface area (TPSA) is 49.3 Å². The summed E-state index contributed by atoms with van der Waals surface area (Å²) in [6.45, 7) is 3.85. The molecule has 0 aliphatic rings. The van der Waals surface area contributed by atoms with Crippen molar-refractivity contribution in [2.75, 3.05) is 6.61 Å². The minimum atomic E-state index is -0.107. The predicted molar refractivity (Wildman–Crippen MR) is 72.9 cm³/mol. The van der Waals surface area contributed by atoms with Gasteiger partial charge in [-0.15, -0.1) is 11.3 Å². The quantitative estimate of drug-likeness (QED) is 0.855. The summed E-state index contributed by atoms with van der Waals surface area (Å²) < 4.78 is 1.78. The maximum Gasteiger partial charge on any atom is 0.261 e. The van der Waals surface area contributed by atoms with Gasteiger partial charge < -0.3 is 10.4 Å². The number of halogens is 2. The van der Waals surface area contributed by atoms with E-state index in [0.29, 0.717) is 4.88 Å². The van der Waals surface area contributed by atoms with Gasteiger partial charge in [-0.3, -0.25) is 4.79 Å². The number of nitrogens with one attached hydrogen (secondary N) is 1. The highest BCUT2D eigenvalue weighted by atomic mass is 79.9. The molecular weight excluding hydrogens is 358 g/mol. The highest BCUT2D eigenvalue weighted by Crippen LogP contribution is 2.32. The molecule has 1 amide bonds. The van der Waals surface area contributed by atoms with Crippen LogP contribution in [0.5, 0.6) is 0 Å².